The molecule has 0 rings (SSSR count). The number of rotatable bonds is 8. The van der Waals surface area contributed by atoms with Crippen molar-refractivity contribution < 1.29 is 19.1 Å². The average Bonchev–Trinajstić information content (AvgIpc) is 2.33. The van der Waals surface area contributed by atoms with E-state index in [4.69, 9.17) is 9.16 Å². The molecule has 0 saturated heterocycles. The second-order valence-electron chi connectivity index (χ2n) is 7.42. The first-order valence-corrected chi connectivity index (χ1v) is 11.0. The first-order chi connectivity index (χ1) is 9.90. The summed E-state index contributed by atoms with van der Waals surface area (Å²) in [4.78, 5) is 11.5. The first kappa shape index (κ1) is 21.3. The van der Waals surface area contributed by atoms with Crippen LogP contribution in [0.15, 0.2) is 11.6 Å². The molecule has 0 aliphatic carbocycles. The molecule has 22 heavy (non-hydrogen) atoms. The van der Waals surface area contributed by atoms with E-state index in [0.29, 0.717) is 25.0 Å². The molecule has 0 amide bonds. The van der Waals surface area contributed by atoms with Crippen molar-refractivity contribution in [2.24, 2.45) is 0 Å². The summed E-state index contributed by atoms with van der Waals surface area (Å²) in [6.07, 6.45) is 2.24. The highest BCUT2D eigenvalue weighted by Gasteiger charge is 2.38. The highest BCUT2D eigenvalue weighted by molar-refractivity contribution is 6.74. The van der Waals surface area contributed by atoms with Gasteiger partial charge in [-0.05, 0) is 51.7 Å². The SMILES string of the molecule is CCOC(=O)/C(C)=C/CC(O)CC(C)O[Si](C)(C)C(C)(C)C. The summed E-state index contributed by atoms with van der Waals surface area (Å²) < 4.78 is 11.1. The highest BCUT2D eigenvalue weighted by Crippen LogP contribution is 2.37. The van der Waals surface area contributed by atoms with Gasteiger partial charge in [-0.25, -0.2) is 4.79 Å². The van der Waals surface area contributed by atoms with Crippen LogP contribution < -0.4 is 0 Å². The monoisotopic (exact) mass is 330 g/mol. The Kier molecular flexibility index (Phi) is 8.58. The summed E-state index contributed by atoms with van der Waals surface area (Å²) in [6, 6.07) is 0. The minimum atomic E-state index is -1.81. The van der Waals surface area contributed by atoms with Crippen molar-refractivity contribution in [2.45, 2.75) is 84.7 Å². The summed E-state index contributed by atoms with van der Waals surface area (Å²) in [5.74, 6) is -0.319. The van der Waals surface area contributed by atoms with Crippen LogP contribution >= 0.6 is 0 Å². The standard InChI is InChI=1S/C17H34O4Si/c1-9-20-16(19)13(2)10-11-15(18)12-14(3)21-22(7,8)17(4,5)6/h10,14-15,18H,9,11-12H2,1-8H3/b13-10+. The van der Waals surface area contributed by atoms with Gasteiger partial charge in [-0.2, -0.15) is 0 Å². The number of aliphatic hydroxyl groups excluding tert-OH is 1. The number of hydrogen-bond acceptors (Lipinski definition) is 4. The molecule has 4 nitrogen and oxygen atoms in total. The summed E-state index contributed by atoms with van der Waals surface area (Å²) in [5.41, 5.74) is 0.541. The predicted octanol–water partition coefficient (Wildman–Crippen LogP) is 4.05. The molecule has 0 bridgehead atoms. The van der Waals surface area contributed by atoms with Crippen molar-refractivity contribution in [3.63, 3.8) is 0 Å². The predicted molar refractivity (Wildman–Crippen MR) is 93.4 cm³/mol. The number of ether oxygens (including phenoxy) is 1. The topological polar surface area (TPSA) is 55.8 Å². The average molecular weight is 331 g/mol. The Morgan fingerprint density at radius 3 is 2.32 bits per heavy atom. The summed E-state index contributed by atoms with van der Waals surface area (Å²) in [6.45, 7) is 16.9. The maximum atomic E-state index is 11.5. The number of esters is 1. The van der Waals surface area contributed by atoms with E-state index in [1.807, 2.05) is 6.92 Å². The molecule has 0 aliphatic rings. The third-order valence-corrected chi connectivity index (χ3v) is 8.80. The number of carbonyl (C=O) groups excluding carboxylic acids is 1. The molecule has 0 aromatic rings. The van der Waals surface area contributed by atoms with Crippen LogP contribution in [0, 0.1) is 0 Å². The van der Waals surface area contributed by atoms with Crippen LogP contribution in [-0.4, -0.2) is 38.2 Å². The van der Waals surface area contributed by atoms with Gasteiger partial charge in [-0.1, -0.05) is 26.8 Å². The smallest absolute Gasteiger partial charge is 0.333 e. The lowest BCUT2D eigenvalue weighted by Crippen LogP contribution is -2.43. The minimum absolute atomic E-state index is 0.00666. The summed E-state index contributed by atoms with van der Waals surface area (Å²) >= 11 is 0. The Morgan fingerprint density at radius 2 is 1.86 bits per heavy atom. The van der Waals surface area contributed by atoms with Crippen molar-refractivity contribution in [1.82, 2.24) is 0 Å². The van der Waals surface area contributed by atoms with Crippen LogP contribution in [-0.2, 0) is 14.0 Å². The Labute approximate surface area is 137 Å². The van der Waals surface area contributed by atoms with E-state index in [0.717, 1.165) is 0 Å². The zero-order valence-corrected chi connectivity index (χ0v) is 16.5. The lowest BCUT2D eigenvalue weighted by atomic mass is 10.1. The van der Waals surface area contributed by atoms with Crippen LogP contribution in [0.5, 0.6) is 0 Å². The quantitative estimate of drug-likeness (QED) is 0.414. The Morgan fingerprint density at radius 1 is 1.32 bits per heavy atom. The van der Waals surface area contributed by atoms with Crippen LogP contribution in [0.1, 0.15) is 54.4 Å². The maximum Gasteiger partial charge on any atom is 0.333 e. The summed E-state index contributed by atoms with van der Waals surface area (Å²) in [7, 11) is -1.81. The molecular formula is C17H34O4Si. The van der Waals surface area contributed by atoms with Crippen molar-refractivity contribution in [1.29, 1.82) is 0 Å². The van der Waals surface area contributed by atoms with Crippen LogP contribution in [0.25, 0.3) is 0 Å². The van der Waals surface area contributed by atoms with Gasteiger partial charge in [0.15, 0.2) is 8.32 Å². The third-order valence-electron chi connectivity index (χ3n) is 4.20. The number of hydrogen-bond donors (Lipinski definition) is 1. The Balaban J connectivity index is 4.41. The fourth-order valence-electron chi connectivity index (χ4n) is 1.85. The fourth-order valence-corrected chi connectivity index (χ4v) is 3.30. The van der Waals surface area contributed by atoms with E-state index in [1.54, 1.807) is 19.9 Å². The first-order valence-electron chi connectivity index (χ1n) is 8.10. The minimum Gasteiger partial charge on any atom is -0.463 e. The van der Waals surface area contributed by atoms with Gasteiger partial charge >= 0.3 is 5.97 Å². The van der Waals surface area contributed by atoms with Crippen molar-refractivity contribution in [3.05, 3.63) is 11.6 Å². The van der Waals surface area contributed by atoms with Gasteiger partial charge in [-0.3, -0.25) is 0 Å². The molecule has 0 saturated carbocycles. The molecule has 0 aromatic carbocycles. The zero-order chi connectivity index (χ0) is 17.6. The molecule has 130 valence electrons. The van der Waals surface area contributed by atoms with E-state index >= 15 is 0 Å². The number of carbonyl (C=O) groups is 1. The van der Waals surface area contributed by atoms with Crippen LogP contribution in [0.2, 0.25) is 18.1 Å². The van der Waals surface area contributed by atoms with Gasteiger partial charge in [0.05, 0.1) is 12.7 Å². The fraction of sp³-hybridized carbons (Fsp3) is 0.824. The van der Waals surface area contributed by atoms with Crippen molar-refractivity contribution >= 4 is 14.3 Å². The maximum absolute atomic E-state index is 11.5. The highest BCUT2D eigenvalue weighted by atomic mass is 28.4. The van der Waals surface area contributed by atoms with E-state index in [2.05, 4.69) is 33.9 Å². The molecule has 0 aliphatic heterocycles. The normalized spacial score (nSPS) is 16.3. The van der Waals surface area contributed by atoms with Gasteiger partial charge < -0.3 is 14.3 Å². The third kappa shape index (κ3) is 7.56. The second kappa shape index (κ2) is 8.84. The molecule has 1 N–H and O–H groups in total. The molecule has 5 heteroatoms. The molecular weight excluding hydrogens is 296 g/mol. The number of aliphatic hydroxyl groups is 1. The van der Waals surface area contributed by atoms with Gasteiger partial charge in [0.25, 0.3) is 0 Å². The van der Waals surface area contributed by atoms with Gasteiger partial charge in [-0.15, -0.1) is 0 Å². The van der Waals surface area contributed by atoms with E-state index in [1.165, 1.54) is 0 Å². The molecule has 0 aromatic heterocycles. The molecule has 2 unspecified atom stereocenters. The molecule has 0 radical (unpaired) electrons. The lowest BCUT2D eigenvalue weighted by Gasteiger charge is -2.38. The van der Waals surface area contributed by atoms with Gasteiger partial charge in [0, 0.05) is 11.7 Å². The zero-order valence-electron chi connectivity index (χ0n) is 15.5. The van der Waals surface area contributed by atoms with Gasteiger partial charge in [0.1, 0.15) is 0 Å². The summed E-state index contributed by atoms with van der Waals surface area (Å²) in [5, 5.41) is 10.3. The molecule has 0 spiro atoms. The second-order valence-corrected chi connectivity index (χ2v) is 12.2. The Bertz CT molecular complexity index is 383. The largest absolute Gasteiger partial charge is 0.463 e. The lowest BCUT2D eigenvalue weighted by molar-refractivity contribution is -0.138. The molecule has 0 fully saturated rings. The van der Waals surface area contributed by atoms with Crippen LogP contribution in [0.3, 0.4) is 0 Å². The van der Waals surface area contributed by atoms with E-state index in [-0.39, 0.29) is 17.1 Å². The van der Waals surface area contributed by atoms with Crippen molar-refractivity contribution in [3.8, 4) is 0 Å². The van der Waals surface area contributed by atoms with E-state index in [9.17, 15) is 9.90 Å². The molecule has 2 atom stereocenters. The van der Waals surface area contributed by atoms with Crippen LogP contribution in [0.4, 0.5) is 0 Å². The van der Waals surface area contributed by atoms with E-state index < -0.39 is 14.4 Å². The Hall–Kier alpha value is -0.653. The molecule has 0 heterocycles. The van der Waals surface area contributed by atoms with Gasteiger partial charge in [0.2, 0.25) is 0 Å². The van der Waals surface area contributed by atoms with Crippen molar-refractivity contribution in [2.75, 3.05) is 6.61 Å².